The molecular weight excluding hydrogens is 1100 g/mol. The molecule has 0 amide bonds. The van der Waals surface area contributed by atoms with Crippen LogP contribution in [0.5, 0.6) is 0 Å². The Hall–Kier alpha value is -1.54. The molecule has 2 unspecified atom stereocenters. The van der Waals surface area contributed by atoms with Crippen molar-refractivity contribution in [1.82, 2.24) is 0 Å². The van der Waals surface area contributed by atoms with E-state index in [9.17, 15) is 0 Å². The van der Waals surface area contributed by atoms with Gasteiger partial charge in [0.2, 0.25) is 0 Å². The molecule has 0 aromatic heterocycles. The van der Waals surface area contributed by atoms with Gasteiger partial charge in [-0.15, -0.1) is 0 Å². The fourth-order valence-corrected chi connectivity index (χ4v) is 58.5. The first-order valence-electron chi connectivity index (χ1n) is 26.9. The summed E-state index contributed by atoms with van der Waals surface area (Å²) in [6.07, 6.45) is 28.5. The van der Waals surface area contributed by atoms with E-state index in [0.29, 0.717) is 10.8 Å². The Morgan fingerprint density at radius 1 is 0.435 bits per heavy atom. The SMILES string of the molecule is CCC1(CC2=Cc3c(-c4cccc5ccccc45)cccc3[CH]2[Zr]([Cl])([Cl])[CH2][SiH2][CH2][Zr]([Cl])([Cl])[CH]2C(CC3(CC)CCCCCCC3)=Cc3c(-c4cccc5ccccc45)cccc32)CCCCCCC1. The molecule has 69 heavy (non-hydrogen) atoms. The van der Waals surface area contributed by atoms with Crippen molar-refractivity contribution in [3.63, 3.8) is 0 Å². The number of rotatable bonds is 14. The second-order valence-electron chi connectivity index (χ2n) is 21.9. The van der Waals surface area contributed by atoms with Crippen LogP contribution in [0.1, 0.15) is 159 Å². The van der Waals surface area contributed by atoms with Crippen molar-refractivity contribution in [2.24, 2.45) is 10.8 Å². The molecule has 4 aliphatic carbocycles. The van der Waals surface area contributed by atoms with Gasteiger partial charge in [0.05, 0.1) is 0 Å². The molecule has 0 spiro atoms. The molecule has 2 saturated carbocycles. The number of hydrogen-bond acceptors (Lipinski definition) is 0. The second kappa shape index (κ2) is 22.1. The van der Waals surface area contributed by atoms with E-state index < -0.39 is 45.3 Å². The van der Waals surface area contributed by atoms with E-state index in [-0.39, 0.29) is 7.25 Å². The summed E-state index contributed by atoms with van der Waals surface area (Å²) in [5.41, 5.74) is 14.4. The predicted molar refractivity (Wildman–Crippen MR) is 301 cm³/mol. The van der Waals surface area contributed by atoms with E-state index in [0.717, 1.165) is 20.3 Å². The third-order valence-corrected chi connectivity index (χ3v) is 61.0. The summed E-state index contributed by atoms with van der Waals surface area (Å²) in [6.45, 7) is 4.90. The summed E-state index contributed by atoms with van der Waals surface area (Å²) in [4.78, 5) is 0. The number of halogens is 4. The predicted octanol–water partition coefficient (Wildman–Crippen LogP) is 20.8. The van der Waals surface area contributed by atoms with Crippen molar-refractivity contribution in [3.05, 3.63) is 155 Å². The zero-order valence-electron chi connectivity index (χ0n) is 41.2. The van der Waals surface area contributed by atoms with Gasteiger partial charge in [-0.3, -0.25) is 0 Å². The van der Waals surface area contributed by atoms with Crippen LogP contribution in [-0.2, 0) is 35.8 Å². The number of allylic oxidation sites excluding steroid dienone is 2. The first kappa shape index (κ1) is 51.0. The number of hydrogen-bond donors (Lipinski definition) is 0. The fourth-order valence-electron chi connectivity index (χ4n) is 14.0. The maximum absolute atomic E-state index is 8.25. The maximum atomic E-state index is 8.25. The molecule has 360 valence electrons. The molecule has 2 atom stereocenters. The Kier molecular flexibility index (Phi) is 16.3. The topological polar surface area (TPSA) is 0 Å². The van der Waals surface area contributed by atoms with Gasteiger partial charge in [0.1, 0.15) is 0 Å². The van der Waals surface area contributed by atoms with E-state index in [1.54, 1.807) is 0 Å². The van der Waals surface area contributed by atoms with Crippen LogP contribution >= 0.6 is 34.1 Å². The van der Waals surface area contributed by atoms with Crippen LogP contribution in [0.15, 0.2) is 132 Å². The van der Waals surface area contributed by atoms with E-state index >= 15 is 0 Å². The zero-order valence-corrected chi connectivity index (χ0v) is 50.6. The fraction of sp³-hybridized carbons (Fsp3) is 0.419. The monoisotopic (exact) mass is 1160 g/mol. The molecule has 0 heterocycles. The molecule has 10 rings (SSSR count). The van der Waals surface area contributed by atoms with Gasteiger partial charge in [-0.05, 0) is 0 Å². The van der Waals surface area contributed by atoms with E-state index in [2.05, 4.69) is 147 Å². The molecule has 0 saturated heterocycles. The van der Waals surface area contributed by atoms with Gasteiger partial charge in [0, 0.05) is 0 Å². The summed E-state index contributed by atoms with van der Waals surface area (Å²) in [5, 5.41) is 5.15. The first-order chi connectivity index (χ1) is 33.5. The van der Waals surface area contributed by atoms with Crippen LogP contribution < -0.4 is 0 Å². The molecule has 0 bridgehead atoms. The van der Waals surface area contributed by atoms with Gasteiger partial charge in [0.15, 0.2) is 0 Å². The van der Waals surface area contributed by atoms with Crippen LogP contribution in [0.4, 0.5) is 0 Å². The molecule has 6 aromatic rings. The van der Waals surface area contributed by atoms with Gasteiger partial charge >= 0.3 is 445 Å². The average molecular weight is 1170 g/mol. The van der Waals surface area contributed by atoms with Gasteiger partial charge in [-0.2, -0.15) is 0 Å². The summed E-state index contributed by atoms with van der Waals surface area (Å²) >= 11 is -7.92. The van der Waals surface area contributed by atoms with Crippen LogP contribution in [0, 0.1) is 10.8 Å². The first-order valence-corrected chi connectivity index (χ1v) is 47.9. The molecule has 2 fully saturated rings. The molecule has 0 nitrogen and oxygen atoms in total. The van der Waals surface area contributed by atoms with E-state index in [1.807, 2.05) is 0 Å². The Bertz CT molecular complexity index is 2640. The second-order valence-corrected chi connectivity index (χ2v) is 59.6. The van der Waals surface area contributed by atoms with Crippen molar-refractivity contribution in [3.8, 4) is 22.3 Å². The third kappa shape index (κ3) is 10.7. The Balaban J connectivity index is 0.987. The van der Waals surface area contributed by atoms with Gasteiger partial charge in [0.25, 0.3) is 0 Å². The minimum atomic E-state index is -3.96. The zero-order chi connectivity index (χ0) is 47.6. The van der Waals surface area contributed by atoms with Crippen molar-refractivity contribution in [1.29, 1.82) is 0 Å². The molecular formula is C62H72Cl4SiZr2. The van der Waals surface area contributed by atoms with Crippen LogP contribution in [0.2, 0.25) is 7.50 Å². The summed E-state index contributed by atoms with van der Waals surface area (Å²) in [6, 6.07) is 45.3. The standard InChI is InChI=1S/2C30H33.C2H6Si.4ClH.2Zr/c2*1-2-30(18-8-4-3-5-9-19-30)22-23-20-25-14-11-17-28(29(25)21-23)27-16-10-13-24-12-6-7-15-26(24)27;1-3-2;;;;;;/h2*6-7,10-17,20-21H,2-5,8-9,18-19,22H2,1H3;1-3H2;4*1H;;/q;;;;;;;2*+2/p-4. The molecule has 0 radical (unpaired) electrons. The molecule has 6 aromatic carbocycles. The molecule has 7 heteroatoms. The normalized spacial score (nSPS) is 20.8. The summed E-state index contributed by atoms with van der Waals surface area (Å²) in [5.74, 6) is 0. The minimum absolute atomic E-state index is 0.138. The third-order valence-electron chi connectivity index (χ3n) is 17.8. The van der Waals surface area contributed by atoms with Gasteiger partial charge < -0.3 is 0 Å². The Morgan fingerprint density at radius 2 is 0.783 bits per heavy atom. The van der Waals surface area contributed by atoms with Crippen molar-refractivity contribution in [2.45, 2.75) is 144 Å². The van der Waals surface area contributed by atoms with Crippen LogP contribution in [0.25, 0.3) is 56.0 Å². The molecule has 0 N–H and O–H groups in total. The Morgan fingerprint density at radius 3 is 1.19 bits per heavy atom. The van der Waals surface area contributed by atoms with E-state index in [1.165, 1.54) is 180 Å². The van der Waals surface area contributed by atoms with Crippen molar-refractivity contribution >= 4 is 77.3 Å². The summed E-state index contributed by atoms with van der Waals surface area (Å²) in [7, 11) is 32.2. The molecule has 4 aliphatic rings. The van der Waals surface area contributed by atoms with Gasteiger partial charge in [-0.25, -0.2) is 0 Å². The van der Waals surface area contributed by atoms with Gasteiger partial charge in [-0.1, -0.05) is 0 Å². The van der Waals surface area contributed by atoms with Crippen LogP contribution in [0.3, 0.4) is 0 Å². The van der Waals surface area contributed by atoms with Crippen molar-refractivity contribution in [2.75, 3.05) is 0 Å². The quantitative estimate of drug-likeness (QED) is 0.0954. The number of fused-ring (bicyclic) bond motifs is 4. The summed E-state index contributed by atoms with van der Waals surface area (Å²) < 4.78 is 2.25. The number of benzene rings is 6. The average Bonchev–Trinajstić information content (AvgIpc) is 3.92. The molecule has 0 aliphatic heterocycles. The van der Waals surface area contributed by atoms with Crippen LogP contribution in [-0.4, -0.2) is 9.52 Å². The van der Waals surface area contributed by atoms with Crippen molar-refractivity contribution < 1.29 is 35.8 Å². The van der Waals surface area contributed by atoms with E-state index in [4.69, 9.17) is 34.1 Å². The Labute approximate surface area is 440 Å².